The first-order valence-electron chi connectivity index (χ1n) is 10.2. The summed E-state index contributed by atoms with van der Waals surface area (Å²) in [6.07, 6.45) is 2.72. The van der Waals surface area contributed by atoms with E-state index in [1.54, 1.807) is 39.0 Å². The van der Waals surface area contributed by atoms with Gasteiger partial charge in [0.1, 0.15) is 5.60 Å². The summed E-state index contributed by atoms with van der Waals surface area (Å²) in [6.45, 7) is 5.72. The van der Waals surface area contributed by atoms with Crippen LogP contribution in [0, 0.1) is 0 Å². The molecule has 2 aromatic rings. The predicted octanol–water partition coefficient (Wildman–Crippen LogP) is 4.63. The molecule has 0 radical (unpaired) electrons. The summed E-state index contributed by atoms with van der Waals surface area (Å²) in [7, 11) is 0. The zero-order valence-electron chi connectivity index (χ0n) is 18.4. The number of benzene rings is 2. The number of anilines is 1. The third-order valence-electron chi connectivity index (χ3n) is 4.06. The molecule has 0 fully saturated rings. The Morgan fingerprint density at radius 1 is 1.00 bits per heavy atom. The number of amides is 3. The number of carbonyl (C=O) groups excluding carboxylic acids is 3. The van der Waals surface area contributed by atoms with Gasteiger partial charge in [0, 0.05) is 35.7 Å². The fourth-order valence-electron chi connectivity index (χ4n) is 2.59. The number of carbonyl (C=O) groups is 3. The Morgan fingerprint density at radius 3 is 2.38 bits per heavy atom. The molecule has 0 aromatic heterocycles. The standard InChI is InChI=1S/C24H28BrN3O4/c1-24(2,3)32-23(31)26-15-14-22(30)28-20-7-5-4-6-18(20)16-27-21(29)13-10-17-8-11-19(25)12-9-17/h4-13H,14-16H2,1-3H3,(H,26,31)(H,27,29)(H,28,30)/b13-10+. The summed E-state index contributed by atoms with van der Waals surface area (Å²) in [5.74, 6) is -0.495. The van der Waals surface area contributed by atoms with Crippen molar-refractivity contribution >= 4 is 45.6 Å². The van der Waals surface area contributed by atoms with Crippen LogP contribution in [0.3, 0.4) is 0 Å². The lowest BCUT2D eigenvalue weighted by Crippen LogP contribution is -2.34. The molecule has 0 spiro atoms. The van der Waals surface area contributed by atoms with Gasteiger partial charge in [0.25, 0.3) is 0 Å². The van der Waals surface area contributed by atoms with E-state index in [-0.39, 0.29) is 31.3 Å². The lowest BCUT2D eigenvalue weighted by atomic mass is 10.1. The minimum Gasteiger partial charge on any atom is -0.444 e. The first kappa shape index (κ1) is 25.1. The van der Waals surface area contributed by atoms with Crippen LogP contribution >= 0.6 is 15.9 Å². The quantitative estimate of drug-likeness (QED) is 0.459. The Morgan fingerprint density at radius 2 is 1.69 bits per heavy atom. The smallest absolute Gasteiger partial charge is 0.407 e. The number of alkyl carbamates (subject to hydrolysis) is 1. The topological polar surface area (TPSA) is 96.5 Å². The number of hydrogen-bond acceptors (Lipinski definition) is 4. The van der Waals surface area contributed by atoms with E-state index in [9.17, 15) is 14.4 Å². The number of hydrogen-bond donors (Lipinski definition) is 3. The van der Waals surface area contributed by atoms with Gasteiger partial charge in [-0.3, -0.25) is 9.59 Å². The van der Waals surface area contributed by atoms with Gasteiger partial charge in [-0.2, -0.15) is 0 Å². The minimum absolute atomic E-state index is 0.0931. The SMILES string of the molecule is CC(C)(C)OC(=O)NCCC(=O)Nc1ccccc1CNC(=O)/C=C/c1ccc(Br)cc1. The van der Waals surface area contributed by atoms with Crippen molar-refractivity contribution in [2.24, 2.45) is 0 Å². The molecule has 0 heterocycles. The molecule has 3 amide bonds. The fourth-order valence-corrected chi connectivity index (χ4v) is 2.85. The third kappa shape index (κ3) is 9.78. The van der Waals surface area contributed by atoms with Crippen LogP contribution in [0.1, 0.15) is 38.3 Å². The predicted molar refractivity (Wildman–Crippen MR) is 129 cm³/mol. The molecule has 32 heavy (non-hydrogen) atoms. The van der Waals surface area contributed by atoms with Crippen molar-refractivity contribution in [2.75, 3.05) is 11.9 Å². The molecule has 0 bridgehead atoms. The van der Waals surface area contributed by atoms with Crippen LogP contribution in [0.2, 0.25) is 0 Å². The molecular weight excluding hydrogens is 474 g/mol. The molecule has 0 aliphatic carbocycles. The molecule has 0 atom stereocenters. The van der Waals surface area contributed by atoms with E-state index in [2.05, 4.69) is 31.9 Å². The van der Waals surface area contributed by atoms with Gasteiger partial charge in [0.05, 0.1) is 0 Å². The van der Waals surface area contributed by atoms with Crippen molar-refractivity contribution in [3.05, 3.63) is 70.2 Å². The second kappa shape index (κ2) is 12.0. The lowest BCUT2D eigenvalue weighted by Gasteiger charge is -2.19. The molecule has 170 valence electrons. The molecule has 2 rings (SSSR count). The average Bonchev–Trinajstić information content (AvgIpc) is 2.71. The number of nitrogens with one attached hydrogen (secondary N) is 3. The second-order valence-corrected chi connectivity index (χ2v) is 8.90. The van der Waals surface area contributed by atoms with E-state index >= 15 is 0 Å². The number of rotatable bonds is 8. The molecule has 0 saturated carbocycles. The molecule has 0 aliphatic heterocycles. The zero-order chi connectivity index (χ0) is 23.6. The number of halogens is 1. The summed E-state index contributed by atoms with van der Waals surface area (Å²) in [5.41, 5.74) is 1.69. The van der Waals surface area contributed by atoms with E-state index < -0.39 is 11.7 Å². The van der Waals surface area contributed by atoms with Crippen LogP contribution in [-0.2, 0) is 20.9 Å². The van der Waals surface area contributed by atoms with Crippen molar-refractivity contribution in [1.82, 2.24) is 10.6 Å². The normalized spacial score (nSPS) is 11.1. The molecule has 0 aliphatic rings. The van der Waals surface area contributed by atoms with Gasteiger partial charge in [-0.25, -0.2) is 4.79 Å². The minimum atomic E-state index is -0.594. The third-order valence-corrected chi connectivity index (χ3v) is 4.59. The Bertz CT molecular complexity index is 966. The van der Waals surface area contributed by atoms with Crippen LogP contribution in [0.5, 0.6) is 0 Å². The fraction of sp³-hybridized carbons (Fsp3) is 0.292. The molecule has 8 heteroatoms. The average molecular weight is 502 g/mol. The number of para-hydroxylation sites is 1. The van der Waals surface area contributed by atoms with Gasteiger partial charge in [-0.15, -0.1) is 0 Å². The Kier molecular flexibility index (Phi) is 9.46. The van der Waals surface area contributed by atoms with Crippen LogP contribution < -0.4 is 16.0 Å². The molecule has 2 aromatic carbocycles. The summed E-state index contributed by atoms with van der Waals surface area (Å²) < 4.78 is 6.11. The van der Waals surface area contributed by atoms with Gasteiger partial charge in [-0.05, 0) is 56.2 Å². The van der Waals surface area contributed by atoms with E-state index in [1.165, 1.54) is 6.08 Å². The maximum absolute atomic E-state index is 12.2. The van der Waals surface area contributed by atoms with Crippen molar-refractivity contribution < 1.29 is 19.1 Å². The summed E-state index contributed by atoms with van der Waals surface area (Å²) in [6, 6.07) is 14.8. The highest BCUT2D eigenvalue weighted by atomic mass is 79.9. The maximum atomic E-state index is 12.2. The van der Waals surface area contributed by atoms with E-state index in [4.69, 9.17) is 4.74 Å². The van der Waals surface area contributed by atoms with Gasteiger partial charge in [-0.1, -0.05) is 46.3 Å². The maximum Gasteiger partial charge on any atom is 0.407 e. The molecule has 7 nitrogen and oxygen atoms in total. The Hall–Kier alpha value is -3.13. The van der Waals surface area contributed by atoms with Gasteiger partial charge in [0.15, 0.2) is 0 Å². The monoisotopic (exact) mass is 501 g/mol. The Labute approximate surface area is 196 Å². The highest BCUT2D eigenvalue weighted by Gasteiger charge is 2.16. The largest absolute Gasteiger partial charge is 0.444 e. The highest BCUT2D eigenvalue weighted by molar-refractivity contribution is 9.10. The number of ether oxygens (including phenoxy) is 1. The summed E-state index contributed by atoms with van der Waals surface area (Å²) >= 11 is 3.37. The first-order chi connectivity index (χ1) is 15.1. The van der Waals surface area contributed by atoms with Crippen molar-refractivity contribution in [1.29, 1.82) is 0 Å². The van der Waals surface area contributed by atoms with Crippen LogP contribution in [0.15, 0.2) is 59.1 Å². The summed E-state index contributed by atoms with van der Waals surface area (Å²) in [5, 5.41) is 8.18. The van der Waals surface area contributed by atoms with Gasteiger partial charge >= 0.3 is 6.09 Å². The molecule has 0 unspecified atom stereocenters. The highest BCUT2D eigenvalue weighted by Crippen LogP contribution is 2.15. The van der Waals surface area contributed by atoms with E-state index in [0.717, 1.165) is 15.6 Å². The van der Waals surface area contributed by atoms with Gasteiger partial charge < -0.3 is 20.7 Å². The summed E-state index contributed by atoms with van der Waals surface area (Å²) in [4.78, 5) is 36.0. The van der Waals surface area contributed by atoms with E-state index in [1.807, 2.05) is 36.4 Å². The molecule has 0 saturated heterocycles. The van der Waals surface area contributed by atoms with Crippen molar-refractivity contribution in [2.45, 2.75) is 39.3 Å². The van der Waals surface area contributed by atoms with E-state index in [0.29, 0.717) is 5.69 Å². The van der Waals surface area contributed by atoms with Gasteiger partial charge in [0.2, 0.25) is 11.8 Å². The van der Waals surface area contributed by atoms with Crippen LogP contribution in [0.25, 0.3) is 6.08 Å². The van der Waals surface area contributed by atoms with Crippen LogP contribution in [-0.4, -0.2) is 30.1 Å². The van der Waals surface area contributed by atoms with Crippen molar-refractivity contribution in [3.63, 3.8) is 0 Å². The lowest BCUT2D eigenvalue weighted by molar-refractivity contribution is -0.117. The molecular formula is C24H28BrN3O4. The molecule has 3 N–H and O–H groups in total. The zero-order valence-corrected chi connectivity index (χ0v) is 20.0. The van der Waals surface area contributed by atoms with Crippen molar-refractivity contribution in [3.8, 4) is 0 Å². The second-order valence-electron chi connectivity index (χ2n) is 7.99. The first-order valence-corrected chi connectivity index (χ1v) is 11.0. The van der Waals surface area contributed by atoms with Crippen LogP contribution in [0.4, 0.5) is 10.5 Å². The Balaban J connectivity index is 1.82.